The quantitative estimate of drug-likeness (QED) is 0.0274. The number of alkyl carbamates (subject to hydrolysis) is 1. The van der Waals surface area contributed by atoms with Gasteiger partial charge in [-0.3, -0.25) is 24.0 Å². The molecule has 746 valence electrons. The SMILES string of the molecule is CC(=O)NC[C@H](OC1C(O)[C@H](O)C(CO)O[C@@H]1OC(C(O)C(C)CO[C@@H](O)CO[C@@H]1OC(CO)[C@@H](O[C@@H]2OC(CO)[C@H](O)C(O)C2O)C(O)C1NC(C)=O)C(O)C(O)OC1C(CO)OC(OC2C(CO)OC(NC(=O)CC(NC(=O)OCC3c4ccccc4-c4ccccc43)C(=O)O)C(NC(C)=O)C2O)C(NC(C)=O)C1O)OC(CO)[C@H](CO)O[C@@H](CO)OC(CO)[C@H](O)CO. The molecule has 53 nitrogen and oxygen atoms in total. The van der Waals surface area contributed by atoms with E-state index in [-0.39, 0.29) is 6.61 Å². The number of aliphatic carboxylic acids is 1. The normalized spacial score (nSPS) is 32.8. The number of aliphatic hydroxyl groups is 23. The molecule has 6 amide bonds. The Morgan fingerprint density at radius 1 is 0.450 bits per heavy atom. The van der Waals surface area contributed by atoms with Crippen molar-refractivity contribution in [3.63, 3.8) is 0 Å². The highest BCUT2D eigenvalue weighted by Gasteiger charge is 2.57. The van der Waals surface area contributed by atoms with E-state index in [2.05, 4.69) is 31.9 Å². The lowest BCUT2D eigenvalue weighted by atomic mass is 9.93. The van der Waals surface area contributed by atoms with Crippen molar-refractivity contribution < 1.29 is 232 Å². The highest BCUT2D eigenvalue weighted by atomic mass is 16.8. The number of carboxylic acids is 1. The molecule has 0 radical (unpaired) electrons. The monoisotopic (exact) mass is 1890 g/mol. The third-order valence-electron chi connectivity index (χ3n) is 22.2. The second kappa shape index (κ2) is 51.8. The second-order valence-electron chi connectivity index (χ2n) is 31.7. The van der Waals surface area contributed by atoms with Crippen molar-refractivity contribution in [2.45, 2.75) is 274 Å². The standard InChI is InChI=1S/C78H122N6O47/c1-29(26-116-50(101)28-117-74-54(81-32(4)97)60(106)68(48(24-93)125-74)130-76-64(110)62(108)57(103)44(20-89)123-76)56(102)69(131-77-70(63(109)58(104)45(21-90)124-77)127-51(15-79-30(2)95)120-42(18-87)43(19-88)121-52(25-94)119-41(17-86)40(99)16-85)65(111)73(114)128-66-47(23-92)126-75(55(61(66)107)82-33(5)98)129-67-46(22-91)122-71(53(59(67)105)80-31(3)96)84-49(100)14-39(72(112)113)83-78(115)118-27-38-36-12-8-6-10-34(36)35-11-7-9-13-37(35)38/h6-13,29,38-48,50-71,73-77,85-94,99,101-111,114H,14-28H2,1-5H3,(H,79,95)(H,80,96)(H,81,97)(H,82,98)(H,83,115)(H,84,100)(H,112,113)/t29?,39?,40-,41?,42?,43+,44?,45?,46?,47?,48?,50-,51+,52+,53?,54?,55?,56?,57+,58-,59?,60?,61?,62?,63?,64?,65?,66?,67?,68-,69?,70?,71?,73?,74-,75?,76+,77-/m1/s1. The minimum atomic E-state index is -2.94. The minimum Gasteiger partial charge on any atom is -0.480 e. The van der Waals surface area contributed by atoms with Crippen LogP contribution in [0, 0.1) is 5.92 Å². The number of carbonyl (C=O) groups is 7. The Morgan fingerprint density at radius 3 is 1.47 bits per heavy atom. The van der Waals surface area contributed by atoms with E-state index in [9.17, 15) is 156 Å². The smallest absolute Gasteiger partial charge is 0.407 e. The summed E-state index contributed by atoms with van der Waals surface area (Å²) in [6.07, 6.45) is -70.9. The van der Waals surface area contributed by atoms with Gasteiger partial charge >= 0.3 is 12.1 Å². The van der Waals surface area contributed by atoms with E-state index in [1.807, 2.05) is 36.4 Å². The van der Waals surface area contributed by atoms with Gasteiger partial charge in [0.15, 0.2) is 56.5 Å². The van der Waals surface area contributed by atoms with Crippen molar-refractivity contribution >= 4 is 41.6 Å². The number of amides is 6. The van der Waals surface area contributed by atoms with Crippen molar-refractivity contribution in [3.8, 4) is 11.1 Å². The van der Waals surface area contributed by atoms with E-state index in [0.29, 0.717) is 0 Å². The highest BCUT2D eigenvalue weighted by Crippen LogP contribution is 2.45. The van der Waals surface area contributed by atoms with E-state index in [4.69, 9.17) is 75.8 Å². The average molecular weight is 1900 g/mol. The van der Waals surface area contributed by atoms with Gasteiger partial charge in [-0.25, -0.2) is 9.59 Å². The molecule has 1 aliphatic carbocycles. The first-order valence-electron chi connectivity index (χ1n) is 41.6. The van der Waals surface area contributed by atoms with Gasteiger partial charge in [0, 0.05) is 39.5 Å². The summed E-state index contributed by atoms with van der Waals surface area (Å²) in [5.74, 6) is -8.55. The fraction of sp³-hybridized carbons (Fsp3) is 0.756. The molecular formula is C78H122N6O47. The van der Waals surface area contributed by atoms with Crippen LogP contribution in [0.3, 0.4) is 0 Å². The van der Waals surface area contributed by atoms with Crippen LogP contribution in [0.15, 0.2) is 48.5 Å². The van der Waals surface area contributed by atoms with Crippen LogP contribution in [-0.4, -0.2) is 484 Å². The number of carbonyl (C=O) groups excluding carboxylic acids is 6. The van der Waals surface area contributed by atoms with Crippen LogP contribution in [0.1, 0.15) is 58.1 Å². The summed E-state index contributed by atoms with van der Waals surface area (Å²) in [4.78, 5) is 90.7. The lowest BCUT2D eigenvalue weighted by molar-refractivity contribution is -0.366. The number of aliphatic hydroxyl groups excluding tert-OH is 23. The fourth-order valence-corrected chi connectivity index (χ4v) is 15.4. The lowest BCUT2D eigenvalue weighted by Gasteiger charge is -2.49. The van der Waals surface area contributed by atoms with Crippen molar-refractivity contribution in [1.82, 2.24) is 31.9 Å². The molecule has 5 aliphatic heterocycles. The first-order chi connectivity index (χ1) is 62.2. The molecule has 2 aromatic carbocycles. The largest absolute Gasteiger partial charge is 0.480 e. The van der Waals surface area contributed by atoms with Gasteiger partial charge in [-0.2, -0.15) is 0 Å². The third kappa shape index (κ3) is 28.6. The topological polar surface area (TPSA) is 825 Å². The highest BCUT2D eigenvalue weighted by molar-refractivity contribution is 5.87. The molecule has 5 fully saturated rings. The van der Waals surface area contributed by atoms with Crippen molar-refractivity contribution in [2.24, 2.45) is 5.92 Å². The summed E-state index contributed by atoms with van der Waals surface area (Å²) in [6, 6.07) is 7.18. The Morgan fingerprint density at radius 2 is 0.931 bits per heavy atom. The predicted molar refractivity (Wildman–Crippen MR) is 424 cm³/mol. The molecule has 6 aliphatic rings. The molecule has 0 bridgehead atoms. The summed E-state index contributed by atoms with van der Waals surface area (Å²) < 4.78 is 92.7. The number of benzene rings is 2. The summed E-state index contributed by atoms with van der Waals surface area (Å²) in [5, 5.41) is 277. The van der Waals surface area contributed by atoms with Gasteiger partial charge in [0.2, 0.25) is 29.5 Å². The van der Waals surface area contributed by atoms with Crippen LogP contribution in [0.4, 0.5) is 4.79 Å². The lowest BCUT2D eigenvalue weighted by Crippen LogP contribution is -2.71. The number of fused-ring (bicyclic) bond motifs is 3. The molecular weight excluding hydrogens is 1770 g/mol. The summed E-state index contributed by atoms with van der Waals surface area (Å²) in [6.45, 7) is -8.90. The number of rotatable bonds is 50. The van der Waals surface area contributed by atoms with Gasteiger partial charge in [0.1, 0.15) is 178 Å². The molecule has 0 spiro atoms. The molecule has 0 saturated carbocycles. The summed E-state index contributed by atoms with van der Waals surface area (Å²) in [7, 11) is 0. The number of hydrogen-bond donors (Lipinski definition) is 30. The Kier molecular flexibility index (Phi) is 43.2. The molecule has 38 atom stereocenters. The van der Waals surface area contributed by atoms with Gasteiger partial charge in [0.05, 0.1) is 91.7 Å². The number of ether oxygens (including phenoxy) is 16. The van der Waals surface area contributed by atoms with Gasteiger partial charge in [-0.1, -0.05) is 55.5 Å². The number of carboxylic acid groups (broad SMARTS) is 1. The molecule has 5 saturated heterocycles. The zero-order valence-electron chi connectivity index (χ0n) is 71.4. The van der Waals surface area contributed by atoms with Crippen LogP contribution >= 0.6 is 0 Å². The van der Waals surface area contributed by atoms with E-state index in [0.717, 1.165) is 56.9 Å². The average Bonchev–Trinajstić information content (AvgIpc) is 1.37. The first kappa shape index (κ1) is 109. The van der Waals surface area contributed by atoms with Gasteiger partial charge in [0.25, 0.3) is 0 Å². The first-order valence-corrected chi connectivity index (χ1v) is 41.6. The zero-order valence-corrected chi connectivity index (χ0v) is 71.4. The third-order valence-corrected chi connectivity index (χ3v) is 22.2. The fourth-order valence-electron chi connectivity index (χ4n) is 15.4. The Bertz CT molecular complexity index is 3830. The van der Waals surface area contributed by atoms with Gasteiger partial charge in [-0.15, -0.1) is 0 Å². The summed E-state index contributed by atoms with van der Waals surface area (Å²) >= 11 is 0. The maximum atomic E-state index is 13.8. The Labute approximate surface area is 746 Å². The molecule has 53 heteroatoms. The molecule has 0 aromatic heterocycles. The Hall–Kier alpha value is -6.99. The van der Waals surface area contributed by atoms with Crippen molar-refractivity contribution in [1.29, 1.82) is 0 Å². The van der Waals surface area contributed by atoms with Crippen molar-refractivity contribution in [2.75, 3.05) is 92.4 Å². The second-order valence-corrected chi connectivity index (χ2v) is 31.7. The van der Waals surface area contributed by atoms with Crippen LogP contribution < -0.4 is 31.9 Å². The molecule has 27 unspecified atom stereocenters. The molecule has 5 heterocycles. The summed E-state index contributed by atoms with van der Waals surface area (Å²) in [5.41, 5.74) is 3.45. The van der Waals surface area contributed by atoms with Gasteiger partial charge in [-0.05, 0) is 22.3 Å². The maximum Gasteiger partial charge on any atom is 0.407 e. The van der Waals surface area contributed by atoms with Crippen LogP contribution in [0.2, 0.25) is 0 Å². The molecule has 131 heavy (non-hydrogen) atoms. The van der Waals surface area contributed by atoms with Crippen LogP contribution in [-0.2, 0) is 105 Å². The molecule has 30 N–H and O–H groups in total. The van der Waals surface area contributed by atoms with Crippen LogP contribution in [0.25, 0.3) is 11.1 Å². The zero-order chi connectivity index (χ0) is 96.7. The maximum absolute atomic E-state index is 13.8. The van der Waals surface area contributed by atoms with E-state index >= 15 is 0 Å². The Balaban J connectivity index is 1.04. The molecule has 8 rings (SSSR count). The van der Waals surface area contributed by atoms with E-state index < -0.39 is 373 Å². The minimum absolute atomic E-state index is 0.249. The predicted octanol–water partition coefficient (Wildman–Crippen LogP) is -15.3. The van der Waals surface area contributed by atoms with Crippen molar-refractivity contribution in [3.05, 3.63) is 59.7 Å². The van der Waals surface area contributed by atoms with E-state index in [1.54, 1.807) is 12.1 Å². The number of hydrogen-bond acceptors (Lipinski definition) is 46. The van der Waals surface area contributed by atoms with E-state index in [1.165, 1.54) is 0 Å². The van der Waals surface area contributed by atoms with Crippen LogP contribution in [0.5, 0.6) is 0 Å². The van der Waals surface area contributed by atoms with Gasteiger partial charge < -0.3 is 230 Å². The number of nitrogens with one attached hydrogen (secondary N) is 6. The molecule has 2 aromatic rings.